The summed E-state index contributed by atoms with van der Waals surface area (Å²) in [6.07, 6.45) is -0.0879. The summed E-state index contributed by atoms with van der Waals surface area (Å²) in [5.41, 5.74) is 2.88. The maximum atomic E-state index is 10.6. The molecule has 0 aliphatic heterocycles. The van der Waals surface area contributed by atoms with Gasteiger partial charge in [0.2, 0.25) is 0 Å². The number of nitriles is 1. The second-order valence-electron chi connectivity index (χ2n) is 3.98. The summed E-state index contributed by atoms with van der Waals surface area (Å²) in [5, 5.41) is 23.0. The molecular weight excluding hydrogens is 262 g/mol. The molecule has 0 fully saturated rings. The molecule has 6 heteroatoms. The maximum absolute atomic E-state index is 10.6. The van der Waals surface area contributed by atoms with Crippen LogP contribution in [-0.4, -0.2) is 16.1 Å². The lowest BCUT2D eigenvalue weighted by molar-refractivity contribution is -0.136. The van der Waals surface area contributed by atoms with Crippen LogP contribution in [0.5, 0.6) is 0 Å². The number of nitrogens with zero attached hydrogens (tertiary/aromatic N) is 2. The van der Waals surface area contributed by atoms with Crippen molar-refractivity contribution in [2.45, 2.75) is 13.3 Å². The monoisotopic (exact) mass is 273 g/mol. The van der Waals surface area contributed by atoms with E-state index in [2.05, 4.69) is 16.4 Å². The third-order valence-electron chi connectivity index (χ3n) is 2.49. The van der Waals surface area contributed by atoms with Gasteiger partial charge >= 0.3 is 5.97 Å². The van der Waals surface area contributed by atoms with Crippen LogP contribution in [-0.2, 0) is 11.2 Å². The van der Waals surface area contributed by atoms with Crippen LogP contribution in [0.25, 0.3) is 0 Å². The van der Waals surface area contributed by atoms with Gasteiger partial charge in [-0.05, 0) is 24.6 Å². The summed E-state index contributed by atoms with van der Waals surface area (Å²) in [4.78, 5) is 14.8. The number of hydrogen-bond donors (Lipinski definition) is 2. The highest BCUT2D eigenvalue weighted by atomic mass is 32.1. The Kier molecular flexibility index (Phi) is 3.78. The van der Waals surface area contributed by atoms with Crippen molar-refractivity contribution in [2.24, 2.45) is 0 Å². The van der Waals surface area contributed by atoms with Gasteiger partial charge in [0.15, 0.2) is 5.13 Å². The summed E-state index contributed by atoms with van der Waals surface area (Å²) in [6, 6.07) is 7.42. The Morgan fingerprint density at radius 1 is 1.58 bits per heavy atom. The molecule has 2 N–H and O–H groups in total. The average molecular weight is 273 g/mol. The van der Waals surface area contributed by atoms with Crippen LogP contribution in [0, 0.1) is 18.3 Å². The van der Waals surface area contributed by atoms with E-state index in [9.17, 15) is 4.79 Å². The zero-order valence-electron chi connectivity index (χ0n) is 10.2. The van der Waals surface area contributed by atoms with Crippen molar-refractivity contribution in [3.8, 4) is 6.07 Å². The molecule has 0 saturated carbocycles. The molecule has 0 spiro atoms. The van der Waals surface area contributed by atoms with E-state index >= 15 is 0 Å². The predicted molar refractivity (Wildman–Crippen MR) is 72.6 cm³/mol. The third-order valence-corrected chi connectivity index (χ3v) is 3.30. The number of aryl methyl sites for hydroxylation is 1. The lowest BCUT2D eigenvalue weighted by Crippen LogP contribution is -2.00. The fraction of sp³-hybridized carbons (Fsp3) is 0.154. The molecule has 0 aliphatic rings. The molecule has 0 unspecified atom stereocenters. The number of benzene rings is 1. The predicted octanol–water partition coefficient (Wildman–Crippen LogP) is 2.69. The average Bonchev–Trinajstić information content (AvgIpc) is 2.78. The molecule has 0 bridgehead atoms. The molecule has 0 saturated heterocycles. The number of thiazole rings is 1. The van der Waals surface area contributed by atoms with E-state index < -0.39 is 5.97 Å². The van der Waals surface area contributed by atoms with Gasteiger partial charge in [0.1, 0.15) is 0 Å². The first-order chi connectivity index (χ1) is 9.08. The fourth-order valence-corrected chi connectivity index (χ4v) is 2.26. The molecule has 1 aromatic heterocycles. The first-order valence-corrected chi connectivity index (χ1v) is 6.40. The zero-order chi connectivity index (χ0) is 13.8. The maximum Gasteiger partial charge on any atom is 0.309 e. The van der Waals surface area contributed by atoms with Gasteiger partial charge in [0, 0.05) is 11.1 Å². The molecule has 2 rings (SSSR count). The fourth-order valence-electron chi connectivity index (χ4n) is 1.54. The normalized spacial score (nSPS) is 9.89. The van der Waals surface area contributed by atoms with Crippen molar-refractivity contribution in [3.05, 3.63) is 40.4 Å². The van der Waals surface area contributed by atoms with Crippen molar-refractivity contribution in [1.82, 2.24) is 4.98 Å². The molecule has 5 nitrogen and oxygen atoms in total. The Bertz CT molecular complexity index is 658. The Hall–Kier alpha value is -2.39. The van der Waals surface area contributed by atoms with E-state index in [1.165, 1.54) is 11.3 Å². The van der Waals surface area contributed by atoms with E-state index in [4.69, 9.17) is 10.4 Å². The van der Waals surface area contributed by atoms with Gasteiger partial charge in [-0.15, -0.1) is 11.3 Å². The van der Waals surface area contributed by atoms with E-state index in [1.54, 1.807) is 17.5 Å². The second kappa shape index (κ2) is 5.50. The van der Waals surface area contributed by atoms with Crippen LogP contribution in [0.15, 0.2) is 23.6 Å². The van der Waals surface area contributed by atoms with Gasteiger partial charge in [-0.1, -0.05) is 6.07 Å². The summed E-state index contributed by atoms with van der Waals surface area (Å²) in [5.74, 6) is -0.903. The smallest absolute Gasteiger partial charge is 0.309 e. The number of nitrogens with one attached hydrogen (secondary N) is 1. The number of carboxylic acids is 1. The van der Waals surface area contributed by atoms with Crippen LogP contribution in [0.2, 0.25) is 0 Å². The van der Waals surface area contributed by atoms with Gasteiger partial charge in [0.25, 0.3) is 0 Å². The summed E-state index contributed by atoms with van der Waals surface area (Å²) < 4.78 is 0. The lowest BCUT2D eigenvalue weighted by Gasteiger charge is -2.06. The highest BCUT2D eigenvalue weighted by molar-refractivity contribution is 7.13. The lowest BCUT2D eigenvalue weighted by atomic mass is 10.1. The molecule has 0 atom stereocenters. The largest absolute Gasteiger partial charge is 0.481 e. The van der Waals surface area contributed by atoms with Gasteiger partial charge in [0.05, 0.1) is 23.7 Å². The van der Waals surface area contributed by atoms with Crippen molar-refractivity contribution in [3.63, 3.8) is 0 Å². The van der Waals surface area contributed by atoms with Gasteiger partial charge in [-0.2, -0.15) is 5.26 Å². The minimum absolute atomic E-state index is 0.0879. The van der Waals surface area contributed by atoms with Crippen LogP contribution in [0.1, 0.15) is 16.8 Å². The van der Waals surface area contributed by atoms with Gasteiger partial charge in [-0.25, -0.2) is 4.98 Å². The Morgan fingerprint density at radius 2 is 2.37 bits per heavy atom. The third kappa shape index (κ3) is 3.30. The van der Waals surface area contributed by atoms with Gasteiger partial charge < -0.3 is 10.4 Å². The SMILES string of the molecule is Cc1ccc(C#N)cc1Nc1nc(CC(=O)O)cs1. The summed E-state index contributed by atoms with van der Waals surface area (Å²) in [7, 11) is 0. The molecule has 0 amide bonds. The van der Waals surface area contributed by atoms with E-state index in [0.29, 0.717) is 16.4 Å². The number of carbonyl (C=O) groups is 1. The molecule has 1 heterocycles. The number of aromatic nitrogens is 1. The van der Waals surface area contributed by atoms with Crippen molar-refractivity contribution in [1.29, 1.82) is 5.26 Å². The van der Waals surface area contributed by atoms with Crippen molar-refractivity contribution in [2.75, 3.05) is 5.32 Å². The highest BCUT2D eigenvalue weighted by Crippen LogP contribution is 2.24. The summed E-state index contributed by atoms with van der Waals surface area (Å²) >= 11 is 1.34. The first-order valence-electron chi connectivity index (χ1n) is 5.52. The van der Waals surface area contributed by atoms with Gasteiger partial charge in [-0.3, -0.25) is 4.79 Å². The number of anilines is 2. The molecule has 19 heavy (non-hydrogen) atoms. The molecule has 96 valence electrons. The van der Waals surface area contributed by atoms with Crippen molar-refractivity contribution < 1.29 is 9.90 Å². The zero-order valence-corrected chi connectivity index (χ0v) is 11.0. The van der Waals surface area contributed by atoms with Crippen molar-refractivity contribution >= 4 is 28.1 Å². The Labute approximate surface area is 114 Å². The molecule has 0 radical (unpaired) electrons. The van der Waals surface area contributed by atoms with Crippen LogP contribution < -0.4 is 5.32 Å². The topological polar surface area (TPSA) is 86.0 Å². The molecule has 2 aromatic rings. The minimum Gasteiger partial charge on any atom is -0.481 e. The number of aliphatic carboxylic acids is 1. The molecular formula is C13H11N3O2S. The van der Waals surface area contributed by atoms with E-state index in [0.717, 1.165) is 11.3 Å². The summed E-state index contributed by atoms with van der Waals surface area (Å²) in [6.45, 7) is 1.93. The Balaban J connectivity index is 2.19. The second-order valence-corrected chi connectivity index (χ2v) is 4.84. The number of carboxylic acid groups (broad SMARTS) is 1. The van der Waals surface area contributed by atoms with Crippen LogP contribution in [0.3, 0.4) is 0 Å². The minimum atomic E-state index is -0.903. The standard InChI is InChI=1S/C13H11N3O2S/c1-8-2-3-9(6-14)4-11(8)16-13-15-10(7-19-13)5-12(17)18/h2-4,7H,5H2,1H3,(H,15,16)(H,17,18). The first kappa shape index (κ1) is 13.1. The highest BCUT2D eigenvalue weighted by Gasteiger charge is 2.07. The van der Waals surface area contributed by atoms with E-state index in [1.807, 2.05) is 13.0 Å². The number of hydrogen-bond acceptors (Lipinski definition) is 5. The molecule has 0 aliphatic carbocycles. The number of rotatable bonds is 4. The van der Waals surface area contributed by atoms with Crippen LogP contribution >= 0.6 is 11.3 Å². The molecule has 1 aromatic carbocycles. The Morgan fingerprint density at radius 3 is 3.05 bits per heavy atom. The van der Waals surface area contributed by atoms with E-state index in [-0.39, 0.29) is 6.42 Å². The quantitative estimate of drug-likeness (QED) is 0.894. The van der Waals surface area contributed by atoms with Crippen LogP contribution in [0.4, 0.5) is 10.8 Å².